The van der Waals surface area contributed by atoms with Crippen molar-refractivity contribution in [2.75, 3.05) is 20.2 Å². The first kappa shape index (κ1) is 15.5. The molecule has 1 aromatic carbocycles. The van der Waals surface area contributed by atoms with Crippen molar-refractivity contribution in [3.63, 3.8) is 0 Å². The van der Waals surface area contributed by atoms with Crippen LogP contribution in [0.15, 0.2) is 24.3 Å². The molecule has 7 heteroatoms. The Morgan fingerprint density at radius 2 is 2.00 bits per heavy atom. The van der Waals surface area contributed by atoms with E-state index < -0.39 is 6.09 Å². The SMILES string of the molecule is COc1cccc([C@@H](C)NC(=O)N2C[C@@H]3C[C@H]2CN3C(=O)O)c1. The highest BCUT2D eigenvalue weighted by Gasteiger charge is 2.47. The Kier molecular flexibility index (Phi) is 4.02. The Hall–Kier alpha value is -2.44. The Balaban J connectivity index is 1.61. The number of rotatable bonds is 3. The summed E-state index contributed by atoms with van der Waals surface area (Å²) in [6.45, 7) is 2.79. The second-order valence-corrected chi connectivity index (χ2v) is 6.08. The molecule has 124 valence electrons. The first-order chi connectivity index (χ1) is 11.0. The third-order valence-electron chi connectivity index (χ3n) is 4.68. The van der Waals surface area contributed by atoms with Gasteiger partial charge in [-0.25, -0.2) is 9.59 Å². The molecule has 2 heterocycles. The number of likely N-dealkylation sites (tertiary alicyclic amines) is 2. The lowest BCUT2D eigenvalue weighted by Gasteiger charge is -2.33. The first-order valence-corrected chi connectivity index (χ1v) is 7.70. The maximum absolute atomic E-state index is 12.5. The summed E-state index contributed by atoms with van der Waals surface area (Å²) >= 11 is 0. The van der Waals surface area contributed by atoms with E-state index in [1.807, 2.05) is 31.2 Å². The molecular formula is C16H21N3O4. The quantitative estimate of drug-likeness (QED) is 0.891. The van der Waals surface area contributed by atoms with Crippen molar-refractivity contribution in [3.8, 4) is 5.75 Å². The molecule has 0 saturated carbocycles. The maximum Gasteiger partial charge on any atom is 0.407 e. The highest BCUT2D eigenvalue weighted by molar-refractivity contribution is 5.76. The molecule has 3 amide bonds. The van der Waals surface area contributed by atoms with Crippen molar-refractivity contribution in [1.29, 1.82) is 0 Å². The second kappa shape index (κ2) is 5.98. The molecule has 0 radical (unpaired) electrons. The maximum atomic E-state index is 12.5. The molecule has 0 aliphatic carbocycles. The molecular weight excluding hydrogens is 298 g/mol. The monoisotopic (exact) mass is 319 g/mol. The molecule has 2 N–H and O–H groups in total. The number of benzene rings is 1. The normalized spacial score (nSPS) is 23.7. The first-order valence-electron chi connectivity index (χ1n) is 7.70. The molecule has 2 fully saturated rings. The number of methoxy groups -OCH3 is 1. The average Bonchev–Trinajstić information content (AvgIpc) is 3.15. The summed E-state index contributed by atoms with van der Waals surface area (Å²) in [5, 5.41) is 12.1. The van der Waals surface area contributed by atoms with Gasteiger partial charge in [-0.3, -0.25) is 0 Å². The van der Waals surface area contributed by atoms with E-state index in [0.29, 0.717) is 13.1 Å². The van der Waals surface area contributed by atoms with Crippen molar-refractivity contribution in [2.24, 2.45) is 0 Å². The van der Waals surface area contributed by atoms with E-state index in [-0.39, 0.29) is 24.2 Å². The topological polar surface area (TPSA) is 82.1 Å². The van der Waals surface area contributed by atoms with Gasteiger partial charge in [0.1, 0.15) is 5.75 Å². The highest BCUT2D eigenvalue weighted by Crippen LogP contribution is 2.31. The average molecular weight is 319 g/mol. The number of urea groups is 1. The molecule has 3 atom stereocenters. The van der Waals surface area contributed by atoms with Gasteiger partial charge in [-0.15, -0.1) is 0 Å². The van der Waals surface area contributed by atoms with Crippen LogP contribution in [0.4, 0.5) is 9.59 Å². The summed E-state index contributed by atoms with van der Waals surface area (Å²) in [4.78, 5) is 26.7. The van der Waals surface area contributed by atoms with Crippen LogP contribution >= 0.6 is 0 Å². The summed E-state index contributed by atoms with van der Waals surface area (Å²) in [6, 6.07) is 7.20. The number of carbonyl (C=O) groups excluding carboxylic acids is 1. The lowest BCUT2D eigenvalue weighted by molar-refractivity contribution is 0.109. The molecule has 0 aromatic heterocycles. The van der Waals surface area contributed by atoms with Crippen LogP contribution in [0.3, 0.4) is 0 Å². The zero-order valence-corrected chi connectivity index (χ0v) is 13.2. The number of ether oxygens (including phenoxy) is 1. The van der Waals surface area contributed by atoms with Gasteiger partial charge in [0, 0.05) is 13.1 Å². The fourth-order valence-corrected chi connectivity index (χ4v) is 3.41. The largest absolute Gasteiger partial charge is 0.497 e. The smallest absolute Gasteiger partial charge is 0.407 e. The Morgan fingerprint density at radius 3 is 2.61 bits per heavy atom. The van der Waals surface area contributed by atoms with Gasteiger partial charge in [0.15, 0.2) is 0 Å². The molecule has 0 unspecified atom stereocenters. The van der Waals surface area contributed by atoms with E-state index >= 15 is 0 Å². The number of piperazine rings is 1. The molecule has 2 aliphatic heterocycles. The lowest BCUT2D eigenvalue weighted by Crippen LogP contribution is -2.53. The third-order valence-corrected chi connectivity index (χ3v) is 4.68. The molecule has 2 aliphatic rings. The van der Waals surface area contributed by atoms with Gasteiger partial charge >= 0.3 is 12.1 Å². The number of hydrogen-bond donors (Lipinski definition) is 2. The predicted molar refractivity (Wildman–Crippen MR) is 83.6 cm³/mol. The zero-order chi connectivity index (χ0) is 16.6. The van der Waals surface area contributed by atoms with Crippen molar-refractivity contribution >= 4 is 12.1 Å². The Labute approximate surface area is 134 Å². The Bertz CT molecular complexity index is 621. The van der Waals surface area contributed by atoms with Crippen molar-refractivity contribution in [2.45, 2.75) is 31.5 Å². The molecule has 7 nitrogen and oxygen atoms in total. The fourth-order valence-electron chi connectivity index (χ4n) is 3.41. The van der Waals surface area contributed by atoms with Gasteiger partial charge in [-0.2, -0.15) is 0 Å². The molecule has 1 aromatic rings. The fraction of sp³-hybridized carbons (Fsp3) is 0.500. The number of hydrogen-bond acceptors (Lipinski definition) is 3. The number of carbonyl (C=O) groups is 2. The number of nitrogens with zero attached hydrogens (tertiary/aromatic N) is 2. The molecule has 3 rings (SSSR count). The standard InChI is InChI=1S/C16H21N3O4/c1-10(11-4-3-5-14(6-11)23-2)17-15(20)18-8-13-7-12(18)9-19(13)16(21)22/h3-6,10,12-13H,7-9H2,1-2H3,(H,17,20)(H,21,22)/t10-,12+,13+/m1/s1. The summed E-state index contributed by atoms with van der Waals surface area (Å²) in [6.07, 6.45) is -0.171. The zero-order valence-electron chi connectivity index (χ0n) is 13.2. The predicted octanol–water partition coefficient (Wildman–Crippen LogP) is 1.90. The third kappa shape index (κ3) is 2.91. The van der Waals surface area contributed by atoms with Gasteiger partial charge in [0.05, 0.1) is 25.2 Å². The number of carboxylic acid groups (broad SMARTS) is 1. The van der Waals surface area contributed by atoms with Crippen LogP contribution in [0.2, 0.25) is 0 Å². The van der Waals surface area contributed by atoms with Crippen molar-refractivity contribution in [1.82, 2.24) is 15.1 Å². The summed E-state index contributed by atoms with van der Waals surface area (Å²) < 4.78 is 5.20. The van der Waals surface area contributed by atoms with Crippen LogP contribution in [-0.2, 0) is 0 Å². The van der Waals surface area contributed by atoms with Crippen LogP contribution in [0, 0.1) is 0 Å². The lowest BCUT2D eigenvalue weighted by atomic mass is 10.1. The van der Waals surface area contributed by atoms with E-state index in [2.05, 4.69) is 5.32 Å². The highest BCUT2D eigenvalue weighted by atomic mass is 16.5. The van der Waals surface area contributed by atoms with E-state index in [9.17, 15) is 9.59 Å². The van der Waals surface area contributed by atoms with Gasteiger partial charge in [-0.05, 0) is 31.0 Å². The molecule has 23 heavy (non-hydrogen) atoms. The van der Waals surface area contributed by atoms with E-state index in [1.165, 1.54) is 4.90 Å². The van der Waals surface area contributed by atoms with Gasteiger partial charge in [-0.1, -0.05) is 12.1 Å². The van der Waals surface area contributed by atoms with Crippen LogP contribution in [-0.4, -0.2) is 59.3 Å². The molecule has 2 saturated heterocycles. The van der Waals surface area contributed by atoms with Crippen molar-refractivity contribution < 1.29 is 19.4 Å². The summed E-state index contributed by atoms with van der Waals surface area (Å²) in [5.74, 6) is 0.751. The molecule has 2 bridgehead atoms. The second-order valence-electron chi connectivity index (χ2n) is 6.08. The van der Waals surface area contributed by atoms with E-state index in [1.54, 1.807) is 12.0 Å². The van der Waals surface area contributed by atoms with Crippen LogP contribution < -0.4 is 10.1 Å². The Morgan fingerprint density at radius 1 is 1.30 bits per heavy atom. The minimum atomic E-state index is -0.901. The van der Waals surface area contributed by atoms with Crippen molar-refractivity contribution in [3.05, 3.63) is 29.8 Å². The van der Waals surface area contributed by atoms with Crippen LogP contribution in [0.1, 0.15) is 24.9 Å². The number of amides is 3. The summed E-state index contributed by atoms with van der Waals surface area (Å²) in [7, 11) is 1.61. The van der Waals surface area contributed by atoms with Crippen LogP contribution in [0.5, 0.6) is 5.75 Å². The van der Waals surface area contributed by atoms with E-state index in [4.69, 9.17) is 9.84 Å². The minimum absolute atomic E-state index is 0.0198. The minimum Gasteiger partial charge on any atom is -0.497 e. The molecule has 0 spiro atoms. The van der Waals surface area contributed by atoms with Gasteiger partial charge in [0.25, 0.3) is 0 Å². The number of fused-ring (bicyclic) bond motifs is 2. The summed E-state index contributed by atoms with van der Waals surface area (Å²) in [5.41, 5.74) is 0.967. The number of nitrogens with one attached hydrogen (secondary N) is 1. The van der Waals surface area contributed by atoms with Gasteiger partial charge < -0.3 is 25.0 Å². The van der Waals surface area contributed by atoms with Gasteiger partial charge in [0.2, 0.25) is 0 Å². The van der Waals surface area contributed by atoms with E-state index in [0.717, 1.165) is 17.7 Å². The van der Waals surface area contributed by atoms with Crippen LogP contribution in [0.25, 0.3) is 0 Å².